The molecule has 7 nitrogen and oxygen atoms in total. The van der Waals surface area contributed by atoms with Crippen molar-refractivity contribution >= 4 is 12.1 Å². The molecule has 0 unspecified atom stereocenters. The lowest BCUT2D eigenvalue weighted by Crippen LogP contribution is -2.21. The molecule has 0 saturated heterocycles. The Labute approximate surface area is 158 Å². The Morgan fingerprint density at radius 3 is 2.75 bits per heavy atom. The van der Waals surface area contributed by atoms with Crippen LogP contribution in [0.1, 0.15) is 16.8 Å². The number of aromatic nitrogens is 5. The number of halogens is 3. The van der Waals surface area contributed by atoms with Crippen molar-refractivity contribution < 1.29 is 18.0 Å². The summed E-state index contributed by atoms with van der Waals surface area (Å²) in [5.41, 5.74) is 0.525. The molecule has 2 aromatic heterocycles. The molecule has 1 N–H and O–H groups in total. The fraction of sp³-hybridized carbons (Fsp3) is 0.167. The summed E-state index contributed by atoms with van der Waals surface area (Å²) in [5, 5.41) is 6.71. The first-order valence-corrected chi connectivity index (χ1v) is 8.12. The number of carbonyl (C=O) groups is 1. The predicted molar refractivity (Wildman–Crippen MR) is 94.4 cm³/mol. The molecule has 0 radical (unpaired) electrons. The van der Waals surface area contributed by atoms with Crippen LogP contribution < -0.4 is 5.32 Å². The molecule has 3 aromatic rings. The zero-order valence-corrected chi connectivity index (χ0v) is 14.7. The zero-order valence-electron chi connectivity index (χ0n) is 14.7. The molecule has 10 heteroatoms. The second kappa shape index (κ2) is 7.99. The van der Waals surface area contributed by atoms with Gasteiger partial charge in [-0.2, -0.15) is 13.2 Å². The minimum absolute atomic E-state index is 0.124. The molecule has 0 atom stereocenters. The zero-order chi connectivity index (χ0) is 20.1. The summed E-state index contributed by atoms with van der Waals surface area (Å²) in [6, 6.07) is 3.61. The SMILES string of the molecule is Cc1cc(-c2ncn(/C=C/C(=O)NCc3cnccn3)n2)cc(C(F)(F)F)c1. The molecule has 144 valence electrons. The van der Waals surface area contributed by atoms with Crippen LogP contribution in [0.15, 0.2) is 49.2 Å². The summed E-state index contributed by atoms with van der Waals surface area (Å²) in [7, 11) is 0. The molecule has 28 heavy (non-hydrogen) atoms. The van der Waals surface area contributed by atoms with Gasteiger partial charge in [-0.05, 0) is 30.7 Å². The highest BCUT2D eigenvalue weighted by Crippen LogP contribution is 2.32. The Bertz CT molecular complexity index is 998. The van der Waals surface area contributed by atoms with Crippen LogP contribution in [0, 0.1) is 6.92 Å². The average molecular weight is 388 g/mol. The monoisotopic (exact) mass is 388 g/mol. The van der Waals surface area contributed by atoms with E-state index in [4.69, 9.17) is 0 Å². The van der Waals surface area contributed by atoms with Gasteiger partial charge < -0.3 is 5.32 Å². The lowest BCUT2D eigenvalue weighted by Gasteiger charge is -2.09. The Hall–Kier alpha value is -3.56. The van der Waals surface area contributed by atoms with Crippen molar-refractivity contribution in [2.75, 3.05) is 0 Å². The number of hydrogen-bond acceptors (Lipinski definition) is 5. The molecule has 2 heterocycles. The van der Waals surface area contributed by atoms with Crippen LogP contribution in [0.4, 0.5) is 13.2 Å². The van der Waals surface area contributed by atoms with Crippen LogP contribution in [0.3, 0.4) is 0 Å². The van der Waals surface area contributed by atoms with Gasteiger partial charge in [-0.1, -0.05) is 0 Å². The molecule has 0 fully saturated rings. The smallest absolute Gasteiger partial charge is 0.347 e. The number of rotatable bonds is 5. The van der Waals surface area contributed by atoms with Crippen molar-refractivity contribution in [1.29, 1.82) is 0 Å². The van der Waals surface area contributed by atoms with E-state index >= 15 is 0 Å². The third-order valence-corrected chi connectivity index (χ3v) is 3.61. The maximum atomic E-state index is 13.0. The molecular formula is C18H15F3N6O. The predicted octanol–water partition coefficient (Wildman–Crippen LogP) is 2.85. The van der Waals surface area contributed by atoms with E-state index in [2.05, 4.69) is 25.4 Å². The third-order valence-electron chi connectivity index (χ3n) is 3.61. The summed E-state index contributed by atoms with van der Waals surface area (Å²) < 4.78 is 40.1. The summed E-state index contributed by atoms with van der Waals surface area (Å²) >= 11 is 0. The topological polar surface area (TPSA) is 85.6 Å². The molecule has 0 bridgehead atoms. The Kier molecular flexibility index (Phi) is 5.48. The van der Waals surface area contributed by atoms with Gasteiger partial charge in [0.2, 0.25) is 5.91 Å². The summed E-state index contributed by atoms with van der Waals surface area (Å²) in [6.07, 6.45) is 4.00. The lowest BCUT2D eigenvalue weighted by atomic mass is 10.1. The summed E-state index contributed by atoms with van der Waals surface area (Å²) in [5.74, 6) is -0.267. The van der Waals surface area contributed by atoms with Crippen LogP contribution in [0.25, 0.3) is 17.6 Å². The van der Waals surface area contributed by atoms with E-state index in [0.29, 0.717) is 11.3 Å². The van der Waals surface area contributed by atoms with Crippen LogP contribution >= 0.6 is 0 Å². The minimum atomic E-state index is -4.45. The van der Waals surface area contributed by atoms with Crippen LogP contribution in [0.2, 0.25) is 0 Å². The number of hydrogen-bond donors (Lipinski definition) is 1. The van der Waals surface area contributed by atoms with Gasteiger partial charge in [0.15, 0.2) is 5.82 Å². The molecule has 0 saturated carbocycles. The Morgan fingerprint density at radius 1 is 1.21 bits per heavy atom. The molecule has 0 aliphatic heterocycles. The highest BCUT2D eigenvalue weighted by molar-refractivity contribution is 5.89. The molecular weight excluding hydrogens is 373 g/mol. The van der Waals surface area contributed by atoms with Gasteiger partial charge in [-0.3, -0.25) is 14.8 Å². The highest BCUT2D eigenvalue weighted by atomic mass is 19.4. The van der Waals surface area contributed by atoms with Gasteiger partial charge in [0.25, 0.3) is 0 Å². The van der Waals surface area contributed by atoms with E-state index in [1.807, 2.05) is 0 Å². The van der Waals surface area contributed by atoms with Gasteiger partial charge in [0.1, 0.15) is 6.33 Å². The molecule has 0 aliphatic carbocycles. The van der Waals surface area contributed by atoms with Crippen molar-refractivity contribution in [2.45, 2.75) is 19.6 Å². The van der Waals surface area contributed by atoms with Crippen molar-refractivity contribution in [3.8, 4) is 11.4 Å². The van der Waals surface area contributed by atoms with Gasteiger partial charge in [0.05, 0.1) is 24.0 Å². The summed E-state index contributed by atoms with van der Waals surface area (Å²) in [6.45, 7) is 1.78. The third kappa shape index (κ3) is 5.00. The van der Waals surface area contributed by atoms with Crippen LogP contribution in [0.5, 0.6) is 0 Å². The maximum Gasteiger partial charge on any atom is 0.416 e. The van der Waals surface area contributed by atoms with Crippen molar-refractivity contribution in [3.63, 3.8) is 0 Å². The average Bonchev–Trinajstić information content (AvgIpc) is 3.13. The van der Waals surface area contributed by atoms with E-state index in [1.165, 1.54) is 41.9 Å². The first kappa shape index (κ1) is 19.2. The second-order valence-corrected chi connectivity index (χ2v) is 5.86. The van der Waals surface area contributed by atoms with E-state index in [0.717, 1.165) is 12.1 Å². The number of nitrogens with one attached hydrogen (secondary N) is 1. The van der Waals surface area contributed by atoms with Crippen molar-refractivity contribution in [1.82, 2.24) is 30.0 Å². The summed E-state index contributed by atoms with van der Waals surface area (Å²) in [4.78, 5) is 23.8. The van der Waals surface area contributed by atoms with Gasteiger partial charge >= 0.3 is 6.18 Å². The van der Waals surface area contributed by atoms with Crippen LogP contribution in [-0.2, 0) is 17.5 Å². The van der Waals surface area contributed by atoms with Crippen molar-refractivity contribution in [2.24, 2.45) is 0 Å². The fourth-order valence-corrected chi connectivity index (χ4v) is 2.36. The van der Waals surface area contributed by atoms with E-state index in [9.17, 15) is 18.0 Å². The number of carbonyl (C=O) groups excluding carboxylic acids is 1. The number of benzene rings is 1. The van der Waals surface area contributed by atoms with Crippen molar-refractivity contribution in [3.05, 3.63) is 66.0 Å². The number of aryl methyl sites for hydroxylation is 1. The standard InChI is InChI=1S/C18H15F3N6O/c1-12-6-13(8-14(7-12)18(19,20)21)17-25-11-27(26-17)5-2-16(28)24-10-15-9-22-3-4-23-15/h2-9,11H,10H2,1H3,(H,24,28)/b5-2+. The second-order valence-electron chi connectivity index (χ2n) is 5.86. The Morgan fingerprint density at radius 2 is 2.04 bits per heavy atom. The minimum Gasteiger partial charge on any atom is -0.347 e. The number of alkyl halides is 3. The quantitative estimate of drug-likeness (QED) is 0.680. The van der Waals surface area contributed by atoms with Gasteiger partial charge in [-0.15, -0.1) is 5.10 Å². The fourth-order valence-electron chi connectivity index (χ4n) is 2.36. The first-order chi connectivity index (χ1) is 13.3. The first-order valence-electron chi connectivity index (χ1n) is 8.12. The molecule has 0 aliphatic rings. The van der Waals surface area contributed by atoms with E-state index in [-0.39, 0.29) is 17.9 Å². The molecule has 1 amide bonds. The molecule has 0 spiro atoms. The Balaban J connectivity index is 1.68. The normalized spacial score (nSPS) is 11.7. The molecule has 1 aromatic carbocycles. The van der Waals surface area contributed by atoms with Crippen LogP contribution in [-0.4, -0.2) is 30.6 Å². The van der Waals surface area contributed by atoms with Gasteiger partial charge in [-0.25, -0.2) is 9.67 Å². The van der Waals surface area contributed by atoms with E-state index in [1.54, 1.807) is 13.0 Å². The molecule has 3 rings (SSSR count). The largest absolute Gasteiger partial charge is 0.416 e. The van der Waals surface area contributed by atoms with E-state index < -0.39 is 17.6 Å². The maximum absolute atomic E-state index is 13.0. The lowest BCUT2D eigenvalue weighted by molar-refractivity contribution is -0.137. The van der Waals surface area contributed by atoms with Gasteiger partial charge in [0, 0.05) is 30.2 Å². The highest BCUT2D eigenvalue weighted by Gasteiger charge is 2.31. The number of nitrogens with zero attached hydrogens (tertiary/aromatic N) is 5. The number of amides is 1.